The summed E-state index contributed by atoms with van der Waals surface area (Å²) >= 11 is 0. The van der Waals surface area contributed by atoms with Crippen molar-refractivity contribution in [3.63, 3.8) is 0 Å². The molecular weight excluding hydrogens is 464 g/mol. The van der Waals surface area contributed by atoms with E-state index in [-0.39, 0.29) is 23.4 Å². The molecule has 0 atom stereocenters. The number of methoxy groups -OCH3 is 2. The third-order valence-corrected chi connectivity index (χ3v) is 5.39. The minimum absolute atomic E-state index is 0.0289. The van der Waals surface area contributed by atoms with Gasteiger partial charge in [-0.2, -0.15) is 0 Å². The SMILES string of the molecule is COc1ccc(C(=O)Oc2ccc(C=C3C(=O)NC(=O)N(Cc4ccccc4)C3=O)cc2)cc1OC. The lowest BCUT2D eigenvalue weighted by Gasteiger charge is -2.26. The average molecular weight is 486 g/mol. The summed E-state index contributed by atoms with van der Waals surface area (Å²) in [5, 5.41) is 2.19. The van der Waals surface area contributed by atoms with Gasteiger partial charge in [-0.15, -0.1) is 0 Å². The van der Waals surface area contributed by atoms with Crippen molar-refractivity contribution in [2.24, 2.45) is 0 Å². The maximum Gasteiger partial charge on any atom is 0.343 e. The highest BCUT2D eigenvalue weighted by Gasteiger charge is 2.35. The number of carbonyl (C=O) groups is 4. The van der Waals surface area contributed by atoms with Crippen molar-refractivity contribution in [1.29, 1.82) is 0 Å². The lowest BCUT2D eigenvalue weighted by Crippen LogP contribution is -2.53. The van der Waals surface area contributed by atoms with E-state index in [0.717, 1.165) is 10.5 Å². The predicted molar refractivity (Wildman–Crippen MR) is 129 cm³/mol. The fraction of sp³-hybridized carbons (Fsp3) is 0.111. The molecule has 4 rings (SSSR count). The molecule has 1 saturated heterocycles. The molecule has 9 nitrogen and oxygen atoms in total. The molecule has 0 aromatic heterocycles. The van der Waals surface area contributed by atoms with Crippen LogP contribution < -0.4 is 19.5 Å². The molecule has 182 valence electrons. The minimum Gasteiger partial charge on any atom is -0.493 e. The van der Waals surface area contributed by atoms with Crippen molar-refractivity contribution in [2.45, 2.75) is 6.54 Å². The first-order chi connectivity index (χ1) is 17.4. The smallest absolute Gasteiger partial charge is 0.343 e. The van der Waals surface area contributed by atoms with E-state index in [1.165, 1.54) is 38.5 Å². The monoisotopic (exact) mass is 486 g/mol. The van der Waals surface area contributed by atoms with Crippen molar-refractivity contribution >= 4 is 29.9 Å². The van der Waals surface area contributed by atoms with Crippen LogP contribution in [0.4, 0.5) is 4.79 Å². The summed E-state index contributed by atoms with van der Waals surface area (Å²) in [4.78, 5) is 51.0. The molecule has 3 aromatic carbocycles. The molecule has 1 aliphatic heterocycles. The van der Waals surface area contributed by atoms with Gasteiger partial charge in [0.15, 0.2) is 11.5 Å². The Balaban J connectivity index is 1.48. The van der Waals surface area contributed by atoms with E-state index in [9.17, 15) is 19.2 Å². The topological polar surface area (TPSA) is 111 Å². The van der Waals surface area contributed by atoms with E-state index in [1.807, 2.05) is 6.07 Å². The molecule has 0 spiro atoms. The molecule has 1 aliphatic rings. The number of hydrogen-bond donors (Lipinski definition) is 1. The number of hydrogen-bond acceptors (Lipinski definition) is 7. The van der Waals surface area contributed by atoms with Crippen molar-refractivity contribution in [3.05, 3.63) is 95.1 Å². The van der Waals surface area contributed by atoms with Gasteiger partial charge in [-0.3, -0.25) is 19.8 Å². The molecule has 0 saturated carbocycles. The van der Waals surface area contributed by atoms with Crippen LogP contribution in [0.3, 0.4) is 0 Å². The van der Waals surface area contributed by atoms with E-state index in [2.05, 4.69) is 5.32 Å². The van der Waals surface area contributed by atoms with Gasteiger partial charge in [-0.25, -0.2) is 9.59 Å². The third-order valence-electron chi connectivity index (χ3n) is 5.39. The zero-order chi connectivity index (χ0) is 25.7. The maximum atomic E-state index is 12.9. The summed E-state index contributed by atoms with van der Waals surface area (Å²) in [7, 11) is 2.96. The van der Waals surface area contributed by atoms with Crippen LogP contribution in [0.15, 0.2) is 78.4 Å². The minimum atomic E-state index is -0.779. The Morgan fingerprint density at radius 1 is 0.889 bits per heavy atom. The second kappa shape index (κ2) is 10.6. The van der Waals surface area contributed by atoms with Crippen LogP contribution in [0.5, 0.6) is 17.2 Å². The Labute approximate surface area is 206 Å². The molecule has 3 aromatic rings. The second-order valence-electron chi connectivity index (χ2n) is 7.72. The molecule has 4 amide bonds. The molecule has 0 bridgehead atoms. The van der Waals surface area contributed by atoms with Gasteiger partial charge in [-0.05, 0) is 47.5 Å². The molecule has 0 unspecified atom stereocenters. The Morgan fingerprint density at radius 2 is 1.58 bits per heavy atom. The maximum absolute atomic E-state index is 12.9. The number of barbiturate groups is 1. The first kappa shape index (κ1) is 24.2. The van der Waals surface area contributed by atoms with Crippen LogP contribution in [-0.2, 0) is 16.1 Å². The number of ether oxygens (including phenoxy) is 3. The molecule has 36 heavy (non-hydrogen) atoms. The highest BCUT2D eigenvalue weighted by molar-refractivity contribution is 6.30. The molecule has 9 heteroatoms. The van der Waals surface area contributed by atoms with Crippen LogP contribution in [0, 0.1) is 0 Å². The average Bonchev–Trinajstić information content (AvgIpc) is 2.90. The number of benzene rings is 3. The normalized spacial score (nSPS) is 14.4. The number of esters is 1. The molecular formula is C27H22N2O7. The van der Waals surface area contributed by atoms with Gasteiger partial charge in [0.25, 0.3) is 11.8 Å². The molecule has 1 N–H and O–H groups in total. The lowest BCUT2D eigenvalue weighted by atomic mass is 10.1. The summed E-state index contributed by atoms with van der Waals surface area (Å²) in [6.07, 6.45) is 1.38. The number of nitrogens with one attached hydrogen (secondary N) is 1. The van der Waals surface area contributed by atoms with Crippen LogP contribution in [0.1, 0.15) is 21.5 Å². The van der Waals surface area contributed by atoms with Crippen molar-refractivity contribution in [3.8, 4) is 17.2 Å². The summed E-state index contributed by atoms with van der Waals surface area (Å²) in [6, 6.07) is 19.1. The van der Waals surface area contributed by atoms with E-state index in [1.54, 1.807) is 48.5 Å². The highest BCUT2D eigenvalue weighted by Crippen LogP contribution is 2.28. The fourth-order valence-electron chi connectivity index (χ4n) is 3.53. The highest BCUT2D eigenvalue weighted by atomic mass is 16.5. The van der Waals surface area contributed by atoms with Crippen molar-refractivity contribution in [2.75, 3.05) is 14.2 Å². The summed E-state index contributed by atoms with van der Waals surface area (Å²) in [6.45, 7) is 0.0289. The van der Waals surface area contributed by atoms with Gasteiger partial charge < -0.3 is 14.2 Å². The van der Waals surface area contributed by atoms with Gasteiger partial charge in [0.1, 0.15) is 11.3 Å². The zero-order valence-electron chi connectivity index (χ0n) is 19.5. The molecule has 0 aliphatic carbocycles. The van der Waals surface area contributed by atoms with E-state index in [4.69, 9.17) is 14.2 Å². The summed E-state index contributed by atoms with van der Waals surface area (Å²) in [5.74, 6) is -0.938. The molecule has 0 radical (unpaired) electrons. The van der Waals surface area contributed by atoms with Crippen molar-refractivity contribution in [1.82, 2.24) is 10.2 Å². The number of urea groups is 1. The van der Waals surface area contributed by atoms with Gasteiger partial charge in [0.2, 0.25) is 0 Å². The number of imide groups is 2. The van der Waals surface area contributed by atoms with Crippen molar-refractivity contribution < 1.29 is 33.4 Å². The van der Waals surface area contributed by atoms with E-state index < -0.39 is 23.8 Å². The quantitative estimate of drug-likeness (QED) is 0.235. The Bertz CT molecular complexity index is 1350. The number of rotatable bonds is 7. The number of amides is 4. The number of nitrogens with zero attached hydrogens (tertiary/aromatic N) is 1. The van der Waals surface area contributed by atoms with Gasteiger partial charge >= 0.3 is 12.0 Å². The van der Waals surface area contributed by atoms with E-state index >= 15 is 0 Å². The lowest BCUT2D eigenvalue weighted by molar-refractivity contribution is -0.130. The van der Waals surface area contributed by atoms with Gasteiger partial charge in [0.05, 0.1) is 26.3 Å². The molecule has 1 fully saturated rings. The first-order valence-electron chi connectivity index (χ1n) is 10.9. The third kappa shape index (κ3) is 5.25. The Kier molecular flexibility index (Phi) is 7.10. The van der Waals surface area contributed by atoms with Crippen LogP contribution in [0.2, 0.25) is 0 Å². The van der Waals surface area contributed by atoms with Crippen LogP contribution in [-0.4, -0.2) is 42.9 Å². The molecule has 1 heterocycles. The Hall–Kier alpha value is -4.92. The fourth-order valence-corrected chi connectivity index (χ4v) is 3.53. The van der Waals surface area contributed by atoms with Gasteiger partial charge in [0, 0.05) is 0 Å². The second-order valence-corrected chi connectivity index (χ2v) is 7.72. The zero-order valence-corrected chi connectivity index (χ0v) is 19.5. The van der Waals surface area contributed by atoms with Crippen LogP contribution >= 0.6 is 0 Å². The van der Waals surface area contributed by atoms with E-state index in [0.29, 0.717) is 17.1 Å². The van der Waals surface area contributed by atoms with Gasteiger partial charge in [-0.1, -0.05) is 42.5 Å². The first-order valence-corrected chi connectivity index (χ1v) is 10.9. The standard InChI is InChI=1S/C27H22N2O7/c1-34-22-13-10-19(15-23(22)35-2)26(32)36-20-11-8-17(9-12-20)14-21-24(30)28-27(33)29(25(21)31)16-18-6-4-3-5-7-18/h3-15H,16H2,1-2H3,(H,28,30,33). The summed E-state index contributed by atoms with van der Waals surface area (Å²) in [5.41, 5.74) is 1.34. The predicted octanol–water partition coefficient (Wildman–Crippen LogP) is 3.59. The Morgan fingerprint density at radius 3 is 2.25 bits per heavy atom. The largest absolute Gasteiger partial charge is 0.493 e. The van der Waals surface area contributed by atoms with Crippen LogP contribution in [0.25, 0.3) is 6.08 Å². The number of carbonyl (C=O) groups excluding carboxylic acids is 4. The summed E-state index contributed by atoms with van der Waals surface area (Å²) < 4.78 is 15.8.